The van der Waals surface area contributed by atoms with Gasteiger partial charge < -0.3 is 10.2 Å². The number of hydrogen-bond donors (Lipinski definition) is 2. The molecule has 0 spiro atoms. The molecule has 5 nitrogen and oxygen atoms in total. The molecule has 1 aromatic heterocycles. The molecule has 0 unspecified atom stereocenters. The number of hydrogen-bond acceptors (Lipinski definition) is 3. The van der Waals surface area contributed by atoms with Crippen molar-refractivity contribution in [2.75, 3.05) is 0 Å². The highest BCUT2D eigenvalue weighted by molar-refractivity contribution is 9.10. The molecule has 0 radical (unpaired) electrons. The van der Waals surface area contributed by atoms with E-state index < -0.39 is 17.5 Å². The van der Waals surface area contributed by atoms with E-state index in [4.69, 9.17) is 5.11 Å². The van der Waals surface area contributed by atoms with Gasteiger partial charge in [-0.15, -0.1) is 0 Å². The van der Waals surface area contributed by atoms with Crippen LogP contribution in [0.15, 0.2) is 16.6 Å². The number of aromatic hydroxyl groups is 1. The SMILES string of the molecule is Cc1c(Br)cc(F)c(O)c1-c1cc(C(=O)O)nn1C. The third-order valence-electron chi connectivity index (χ3n) is 2.80. The molecule has 0 amide bonds. The van der Waals surface area contributed by atoms with Gasteiger partial charge in [0, 0.05) is 17.1 Å². The second kappa shape index (κ2) is 4.65. The van der Waals surface area contributed by atoms with E-state index >= 15 is 0 Å². The number of aryl methyl sites for hydroxylation is 1. The van der Waals surface area contributed by atoms with E-state index in [1.807, 2.05) is 0 Å². The van der Waals surface area contributed by atoms with Crippen LogP contribution in [0.25, 0.3) is 11.3 Å². The van der Waals surface area contributed by atoms with Gasteiger partial charge >= 0.3 is 5.97 Å². The molecule has 2 N–H and O–H groups in total. The molecule has 7 heteroatoms. The van der Waals surface area contributed by atoms with Crippen LogP contribution in [0.5, 0.6) is 5.75 Å². The summed E-state index contributed by atoms with van der Waals surface area (Å²) in [6.07, 6.45) is 0. The molecule has 0 bridgehead atoms. The molecular weight excluding hydrogens is 319 g/mol. The number of phenols is 1. The van der Waals surface area contributed by atoms with Crippen molar-refractivity contribution in [2.24, 2.45) is 7.05 Å². The van der Waals surface area contributed by atoms with Gasteiger partial charge in [0.25, 0.3) is 0 Å². The van der Waals surface area contributed by atoms with Gasteiger partial charge in [0.2, 0.25) is 0 Å². The summed E-state index contributed by atoms with van der Waals surface area (Å²) in [6.45, 7) is 1.69. The van der Waals surface area contributed by atoms with Gasteiger partial charge in [0.05, 0.1) is 5.69 Å². The van der Waals surface area contributed by atoms with Crippen molar-refractivity contribution in [1.29, 1.82) is 0 Å². The summed E-state index contributed by atoms with van der Waals surface area (Å²) in [5, 5.41) is 22.5. The molecule has 0 aliphatic rings. The Morgan fingerprint density at radius 3 is 2.63 bits per heavy atom. The molecule has 0 aliphatic carbocycles. The van der Waals surface area contributed by atoms with E-state index in [1.54, 1.807) is 6.92 Å². The molecule has 2 rings (SSSR count). The number of aromatic carboxylic acids is 1. The van der Waals surface area contributed by atoms with E-state index in [9.17, 15) is 14.3 Å². The summed E-state index contributed by atoms with van der Waals surface area (Å²) >= 11 is 3.19. The molecule has 0 fully saturated rings. The monoisotopic (exact) mass is 328 g/mol. The number of nitrogens with zero attached hydrogens (tertiary/aromatic N) is 2. The zero-order valence-corrected chi connectivity index (χ0v) is 11.7. The van der Waals surface area contributed by atoms with E-state index in [-0.39, 0.29) is 11.3 Å². The van der Waals surface area contributed by atoms with Gasteiger partial charge in [-0.25, -0.2) is 9.18 Å². The summed E-state index contributed by atoms with van der Waals surface area (Å²) < 4.78 is 15.3. The average Bonchev–Trinajstić information content (AvgIpc) is 2.70. The van der Waals surface area contributed by atoms with Crippen LogP contribution < -0.4 is 0 Å². The fraction of sp³-hybridized carbons (Fsp3) is 0.167. The first-order valence-electron chi connectivity index (χ1n) is 5.28. The van der Waals surface area contributed by atoms with Gasteiger partial charge in [0.15, 0.2) is 17.3 Å². The van der Waals surface area contributed by atoms with Crippen LogP contribution >= 0.6 is 15.9 Å². The van der Waals surface area contributed by atoms with Gasteiger partial charge in [-0.1, -0.05) is 15.9 Å². The van der Waals surface area contributed by atoms with Gasteiger partial charge in [0.1, 0.15) is 0 Å². The second-order valence-electron chi connectivity index (χ2n) is 4.03. The maximum atomic E-state index is 13.6. The highest BCUT2D eigenvalue weighted by Crippen LogP contribution is 2.38. The van der Waals surface area contributed by atoms with Crippen LogP contribution in [-0.4, -0.2) is 26.0 Å². The van der Waals surface area contributed by atoms with Crippen molar-refractivity contribution in [3.05, 3.63) is 33.7 Å². The molecule has 100 valence electrons. The van der Waals surface area contributed by atoms with Crippen LogP contribution in [0.2, 0.25) is 0 Å². The Bertz CT molecular complexity index is 656. The first kappa shape index (κ1) is 13.5. The fourth-order valence-electron chi connectivity index (χ4n) is 1.82. The topological polar surface area (TPSA) is 75.3 Å². The lowest BCUT2D eigenvalue weighted by Gasteiger charge is -2.11. The lowest BCUT2D eigenvalue weighted by atomic mass is 10.0. The standard InChI is InChI=1S/C12H10BrFN2O3/c1-5-6(13)3-7(14)11(17)10(5)9-4-8(12(18)19)15-16(9)2/h3-4,17H,1-2H3,(H,18,19). The smallest absolute Gasteiger partial charge is 0.356 e. The number of halogens is 2. The minimum atomic E-state index is -1.19. The van der Waals surface area contributed by atoms with Crippen molar-refractivity contribution >= 4 is 21.9 Å². The predicted molar refractivity (Wildman–Crippen MR) is 69.7 cm³/mol. The summed E-state index contributed by atoms with van der Waals surface area (Å²) in [5.74, 6) is -2.50. The Kier molecular flexibility index (Phi) is 3.32. The van der Waals surface area contributed by atoms with Gasteiger partial charge in [-0.2, -0.15) is 5.10 Å². The molecule has 19 heavy (non-hydrogen) atoms. The zero-order valence-electron chi connectivity index (χ0n) is 10.1. The summed E-state index contributed by atoms with van der Waals surface area (Å²) in [6, 6.07) is 2.44. The van der Waals surface area contributed by atoms with E-state index in [0.29, 0.717) is 15.7 Å². The lowest BCUT2D eigenvalue weighted by molar-refractivity contribution is 0.0689. The fourth-order valence-corrected chi connectivity index (χ4v) is 2.22. The Morgan fingerprint density at radius 1 is 1.47 bits per heavy atom. The molecule has 1 aromatic carbocycles. The van der Waals surface area contributed by atoms with Crippen LogP contribution in [0.1, 0.15) is 16.1 Å². The number of carboxylic acids is 1. The largest absolute Gasteiger partial charge is 0.504 e. The highest BCUT2D eigenvalue weighted by Gasteiger charge is 2.20. The molecule has 0 saturated heterocycles. The second-order valence-corrected chi connectivity index (χ2v) is 4.89. The Hall–Kier alpha value is -1.89. The zero-order chi connectivity index (χ0) is 14.3. The Balaban J connectivity index is 2.75. The van der Waals surface area contributed by atoms with Crippen LogP contribution in [0, 0.1) is 12.7 Å². The highest BCUT2D eigenvalue weighted by atomic mass is 79.9. The number of carbonyl (C=O) groups is 1. The predicted octanol–water partition coefficient (Wildman–Crippen LogP) is 2.70. The van der Waals surface area contributed by atoms with Gasteiger partial charge in [-0.3, -0.25) is 4.68 Å². The summed E-state index contributed by atoms with van der Waals surface area (Å²) in [7, 11) is 1.53. The maximum Gasteiger partial charge on any atom is 0.356 e. The van der Waals surface area contributed by atoms with E-state index in [2.05, 4.69) is 21.0 Å². The molecule has 2 aromatic rings. The van der Waals surface area contributed by atoms with Crippen molar-refractivity contribution in [1.82, 2.24) is 9.78 Å². The van der Waals surface area contributed by atoms with Crippen molar-refractivity contribution in [3.63, 3.8) is 0 Å². The minimum absolute atomic E-state index is 0.170. The molecule has 0 saturated carbocycles. The summed E-state index contributed by atoms with van der Waals surface area (Å²) in [5.41, 5.74) is 0.970. The Labute approximate surface area is 116 Å². The third kappa shape index (κ3) is 2.21. The van der Waals surface area contributed by atoms with Crippen molar-refractivity contribution in [3.8, 4) is 17.0 Å². The minimum Gasteiger partial charge on any atom is -0.504 e. The molecule has 0 aliphatic heterocycles. The average molecular weight is 329 g/mol. The van der Waals surface area contributed by atoms with Crippen molar-refractivity contribution in [2.45, 2.75) is 6.92 Å². The quantitative estimate of drug-likeness (QED) is 0.888. The van der Waals surface area contributed by atoms with Crippen LogP contribution in [0.3, 0.4) is 0 Å². The number of aromatic nitrogens is 2. The molecular formula is C12H10BrFN2O3. The van der Waals surface area contributed by atoms with Crippen molar-refractivity contribution < 1.29 is 19.4 Å². The van der Waals surface area contributed by atoms with E-state index in [1.165, 1.54) is 17.8 Å². The first-order valence-corrected chi connectivity index (χ1v) is 6.07. The Morgan fingerprint density at radius 2 is 2.11 bits per heavy atom. The normalized spacial score (nSPS) is 10.7. The molecule has 1 heterocycles. The van der Waals surface area contributed by atoms with Crippen LogP contribution in [-0.2, 0) is 7.05 Å². The maximum absolute atomic E-state index is 13.6. The number of rotatable bonds is 2. The number of phenolic OH excluding ortho intramolecular Hbond substituents is 1. The van der Waals surface area contributed by atoms with Gasteiger partial charge in [-0.05, 0) is 24.6 Å². The lowest BCUT2D eigenvalue weighted by Crippen LogP contribution is -2.00. The summed E-state index contributed by atoms with van der Waals surface area (Å²) in [4.78, 5) is 10.9. The number of carboxylic acid groups (broad SMARTS) is 1. The first-order chi connectivity index (χ1) is 8.82. The number of benzene rings is 1. The third-order valence-corrected chi connectivity index (χ3v) is 3.63. The van der Waals surface area contributed by atoms with E-state index in [0.717, 1.165) is 6.07 Å². The molecule has 0 atom stereocenters. The van der Waals surface area contributed by atoms with Crippen LogP contribution in [0.4, 0.5) is 4.39 Å².